The molecule has 2 aromatic rings. The smallest absolute Gasteiger partial charge is 0.204 e. The lowest BCUT2D eigenvalue weighted by Crippen LogP contribution is -2.34. The molecule has 3 rings (SSSR count). The molecule has 0 unspecified atom stereocenters. The Hall–Kier alpha value is -2.54. The molecule has 1 fully saturated rings. The second-order valence-corrected chi connectivity index (χ2v) is 6.37. The zero-order valence-electron chi connectivity index (χ0n) is 15.8. The van der Waals surface area contributed by atoms with Gasteiger partial charge < -0.3 is 24.8 Å². The zero-order valence-corrected chi connectivity index (χ0v) is 15.8. The van der Waals surface area contributed by atoms with E-state index in [1.807, 2.05) is 6.92 Å². The maximum Gasteiger partial charge on any atom is 0.204 e. The number of nitrogens with one attached hydrogen (secondary N) is 2. The number of aromatic nitrogens is 1. The van der Waals surface area contributed by atoms with Crippen LogP contribution >= 0.6 is 0 Å². The second-order valence-electron chi connectivity index (χ2n) is 6.37. The first kappa shape index (κ1) is 19.2. The van der Waals surface area contributed by atoms with Crippen molar-refractivity contribution >= 4 is 11.5 Å². The average Bonchev–Trinajstić information content (AvgIpc) is 2.69. The first-order valence-corrected chi connectivity index (χ1v) is 9.31. The number of hydrogen-bond donors (Lipinski definition) is 2. The number of methoxy groups -OCH3 is 1. The Bertz CT molecular complexity index is 751. The van der Waals surface area contributed by atoms with Gasteiger partial charge in [-0.25, -0.2) is 9.37 Å². The molecular weight excluding hydrogens is 349 g/mol. The first-order chi connectivity index (χ1) is 13.2. The van der Waals surface area contributed by atoms with Crippen LogP contribution in [0.1, 0.15) is 26.2 Å². The summed E-state index contributed by atoms with van der Waals surface area (Å²) < 4.78 is 31.5. The van der Waals surface area contributed by atoms with Crippen molar-refractivity contribution in [2.45, 2.75) is 32.3 Å². The Morgan fingerprint density at radius 3 is 2.78 bits per heavy atom. The molecule has 2 N–H and O–H groups in total. The summed E-state index contributed by atoms with van der Waals surface area (Å²) in [6, 6.07) is 6.48. The van der Waals surface area contributed by atoms with E-state index in [2.05, 4.69) is 15.6 Å². The number of nitrogens with zero attached hydrogens (tertiary/aromatic N) is 1. The summed E-state index contributed by atoms with van der Waals surface area (Å²) in [4.78, 5) is 4.29. The summed E-state index contributed by atoms with van der Waals surface area (Å²) in [5.74, 6) is 1.55. The lowest BCUT2D eigenvalue weighted by atomic mass is 10.1. The van der Waals surface area contributed by atoms with E-state index in [0.29, 0.717) is 35.4 Å². The van der Waals surface area contributed by atoms with Crippen molar-refractivity contribution in [3.8, 4) is 17.2 Å². The molecule has 0 atom stereocenters. The molecule has 0 saturated carbocycles. The SMILES string of the molecule is CCCOc1ccc(Nc2nccc(OC3CCNCC3)c2OC)c(F)c1. The van der Waals surface area contributed by atoms with Gasteiger partial charge in [0.2, 0.25) is 5.75 Å². The molecule has 0 amide bonds. The van der Waals surface area contributed by atoms with Gasteiger partial charge in [0.1, 0.15) is 17.7 Å². The van der Waals surface area contributed by atoms with E-state index in [-0.39, 0.29) is 6.10 Å². The van der Waals surface area contributed by atoms with E-state index in [1.165, 1.54) is 6.07 Å². The number of anilines is 2. The summed E-state index contributed by atoms with van der Waals surface area (Å²) in [7, 11) is 1.55. The molecule has 6 nitrogen and oxygen atoms in total. The molecule has 27 heavy (non-hydrogen) atoms. The first-order valence-electron chi connectivity index (χ1n) is 9.31. The Morgan fingerprint density at radius 2 is 2.07 bits per heavy atom. The van der Waals surface area contributed by atoms with Crippen LogP contribution in [0.4, 0.5) is 15.9 Å². The zero-order chi connectivity index (χ0) is 19.1. The van der Waals surface area contributed by atoms with Crippen LogP contribution in [0.3, 0.4) is 0 Å². The Balaban J connectivity index is 1.77. The van der Waals surface area contributed by atoms with Crippen molar-refractivity contribution in [3.63, 3.8) is 0 Å². The van der Waals surface area contributed by atoms with E-state index in [0.717, 1.165) is 32.4 Å². The molecule has 1 aliphatic heterocycles. The van der Waals surface area contributed by atoms with Gasteiger partial charge in [-0.2, -0.15) is 0 Å². The molecule has 7 heteroatoms. The number of hydrogen-bond acceptors (Lipinski definition) is 6. The Kier molecular flexibility index (Phi) is 6.70. The van der Waals surface area contributed by atoms with Crippen LogP contribution < -0.4 is 24.8 Å². The van der Waals surface area contributed by atoms with Gasteiger partial charge in [0, 0.05) is 18.3 Å². The van der Waals surface area contributed by atoms with E-state index in [1.54, 1.807) is 31.5 Å². The van der Waals surface area contributed by atoms with Crippen molar-refractivity contribution in [1.82, 2.24) is 10.3 Å². The van der Waals surface area contributed by atoms with Gasteiger partial charge in [0.05, 0.1) is 19.4 Å². The average molecular weight is 375 g/mol. The van der Waals surface area contributed by atoms with Gasteiger partial charge in [-0.15, -0.1) is 0 Å². The minimum Gasteiger partial charge on any atom is -0.493 e. The molecule has 0 bridgehead atoms. The van der Waals surface area contributed by atoms with Crippen LogP contribution in [0.2, 0.25) is 0 Å². The summed E-state index contributed by atoms with van der Waals surface area (Å²) in [6.45, 7) is 4.42. The topological polar surface area (TPSA) is 64.6 Å². The molecule has 1 saturated heterocycles. The molecule has 0 spiro atoms. The molecule has 1 aromatic heterocycles. The number of piperidine rings is 1. The molecular formula is C20H26FN3O3. The summed E-state index contributed by atoms with van der Waals surface area (Å²) in [5.41, 5.74) is 0.295. The Labute approximate surface area is 159 Å². The van der Waals surface area contributed by atoms with Gasteiger partial charge in [0.25, 0.3) is 0 Å². The molecule has 0 aliphatic carbocycles. The highest BCUT2D eigenvalue weighted by atomic mass is 19.1. The van der Waals surface area contributed by atoms with Gasteiger partial charge in [-0.1, -0.05) is 6.92 Å². The van der Waals surface area contributed by atoms with Gasteiger partial charge in [0.15, 0.2) is 11.6 Å². The predicted octanol–water partition coefficient (Wildman–Crippen LogP) is 3.89. The van der Waals surface area contributed by atoms with Gasteiger partial charge in [-0.05, 0) is 44.5 Å². The third-order valence-electron chi connectivity index (χ3n) is 4.32. The van der Waals surface area contributed by atoms with Crippen LogP contribution in [0, 0.1) is 5.82 Å². The van der Waals surface area contributed by atoms with Gasteiger partial charge in [-0.3, -0.25) is 0 Å². The highest BCUT2D eigenvalue weighted by molar-refractivity contribution is 5.66. The van der Waals surface area contributed by atoms with Crippen molar-refractivity contribution in [1.29, 1.82) is 0 Å². The normalized spacial score (nSPS) is 14.6. The standard InChI is InChI=1S/C20H26FN3O3/c1-3-12-26-15-4-5-17(16(21)13-15)24-20-19(25-2)18(8-11-23-20)27-14-6-9-22-10-7-14/h4-5,8,11,13-14,22H,3,6-7,9-10,12H2,1-2H3,(H,23,24). The van der Waals surface area contributed by atoms with Crippen LogP contribution in [0.15, 0.2) is 30.5 Å². The van der Waals surface area contributed by atoms with Crippen molar-refractivity contribution < 1.29 is 18.6 Å². The predicted molar refractivity (Wildman–Crippen MR) is 103 cm³/mol. The number of ether oxygens (including phenoxy) is 3. The number of benzene rings is 1. The van der Waals surface area contributed by atoms with Crippen LogP contribution in [0.25, 0.3) is 0 Å². The third-order valence-corrected chi connectivity index (χ3v) is 4.32. The largest absolute Gasteiger partial charge is 0.493 e. The number of halogens is 1. The molecule has 1 aromatic carbocycles. The lowest BCUT2D eigenvalue weighted by molar-refractivity contribution is 0.156. The highest BCUT2D eigenvalue weighted by Gasteiger charge is 2.19. The van der Waals surface area contributed by atoms with Crippen molar-refractivity contribution in [2.75, 3.05) is 32.1 Å². The van der Waals surface area contributed by atoms with Crippen LogP contribution in [-0.2, 0) is 0 Å². The van der Waals surface area contributed by atoms with Crippen molar-refractivity contribution in [2.24, 2.45) is 0 Å². The fourth-order valence-electron chi connectivity index (χ4n) is 2.94. The fraction of sp³-hybridized carbons (Fsp3) is 0.450. The minimum absolute atomic E-state index is 0.127. The Morgan fingerprint density at radius 1 is 1.26 bits per heavy atom. The highest BCUT2D eigenvalue weighted by Crippen LogP contribution is 2.36. The molecule has 1 aliphatic rings. The summed E-state index contributed by atoms with van der Waals surface area (Å²) in [5, 5.41) is 6.30. The van der Waals surface area contributed by atoms with E-state index < -0.39 is 5.82 Å². The lowest BCUT2D eigenvalue weighted by Gasteiger charge is -2.25. The maximum atomic E-state index is 14.4. The second kappa shape index (κ2) is 9.41. The van der Waals surface area contributed by atoms with E-state index in [4.69, 9.17) is 14.2 Å². The van der Waals surface area contributed by atoms with Gasteiger partial charge >= 0.3 is 0 Å². The monoisotopic (exact) mass is 375 g/mol. The number of rotatable bonds is 8. The fourth-order valence-corrected chi connectivity index (χ4v) is 2.94. The minimum atomic E-state index is -0.419. The number of pyridine rings is 1. The van der Waals surface area contributed by atoms with Crippen LogP contribution in [-0.4, -0.2) is 37.9 Å². The van der Waals surface area contributed by atoms with E-state index in [9.17, 15) is 4.39 Å². The quantitative estimate of drug-likeness (QED) is 0.730. The molecule has 2 heterocycles. The van der Waals surface area contributed by atoms with Crippen LogP contribution in [0.5, 0.6) is 17.2 Å². The van der Waals surface area contributed by atoms with E-state index >= 15 is 0 Å². The maximum absolute atomic E-state index is 14.4. The summed E-state index contributed by atoms with van der Waals surface area (Å²) in [6.07, 6.45) is 4.48. The van der Waals surface area contributed by atoms with Crippen molar-refractivity contribution in [3.05, 3.63) is 36.3 Å². The summed E-state index contributed by atoms with van der Waals surface area (Å²) >= 11 is 0. The third kappa shape index (κ3) is 5.01. The molecule has 0 radical (unpaired) electrons. The molecule has 146 valence electrons.